The van der Waals surface area contributed by atoms with Crippen LogP contribution >= 0.6 is 0 Å². The second-order valence-electron chi connectivity index (χ2n) is 5.39. The van der Waals surface area contributed by atoms with E-state index in [-0.39, 0.29) is 6.61 Å². The highest BCUT2D eigenvalue weighted by Crippen LogP contribution is 2.34. The van der Waals surface area contributed by atoms with Crippen LogP contribution in [0.2, 0.25) is 0 Å². The predicted molar refractivity (Wildman–Crippen MR) is 71.8 cm³/mol. The van der Waals surface area contributed by atoms with E-state index in [4.69, 9.17) is 4.74 Å². The number of aliphatic hydroxyl groups excluding tert-OH is 1. The van der Waals surface area contributed by atoms with E-state index in [1.165, 1.54) is 30.5 Å². The highest BCUT2D eigenvalue weighted by Gasteiger charge is 2.36. The average molecular weight is 247 g/mol. The number of morpholine rings is 1. The number of benzene rings is 1. The van der Waals surface area contributed by atoms with Crippen LogP contribution in [0.15, 0.2) is 18.2 Å². The van der Waals surface area contributed by atoms with Crippen LogP contribution < -0.4 is 4.90 Å². The molecular formula is C15H21NO2. The van der Waals surface area contributed by atoms with Gasteiger partial charge in [-0.05, 0) is 32.3 Å². The van der Waals surface area contributed by atoms with Crippen LogP contribution in [0.1, 0.15) is 30.4 Å². The van der Waals surface area contributed by atoms with E-state index in [1.54, 1.807) is 0 Å². The van der Waals surface area contributed by atoms with Gasteiger partial charge >= 0.3 is 0 Å². The van der Waals surface area contributed by atoms with Gasteiger partial charge in [0.25, 0.3) is 0 Å². The number of hydrogen-bond donors (Lipinski definition) is 1. The number of aliphatic hydroxyl groups is 1. The molecule has 3 heteroatoms. The Morgan fingerprint density at radius 3 is 3.11 bits per heavy atom. The fraction of sp³-hybridized carbons (Fsp3) is 0.600. The number of hydrogen-bond acceptors (Lipinski definition) is 3. The second-order valence-corrected chi connectivity index (χ2v) is 5.39. The number of nitrogens with zero attached hydrogens (tertiary/aromatic N) is 1. The van der Waals surface area contributed by atoms with Crippen molar-refractivity contribution in [3.63, 3.8) is 0 Å². The summed E-state index contributed by atoms with van der Waals surface area (Å²) in [7, 11) is 0. The maximum Gasteiger partial charge on any atom is 0.0779 e. The van der Waals surface area contributed by atoms with Crippen LogP contribution in [-0.4, -0.2) is 30.4 Å². The third kappa shape index (κ3) is 2.02. The predicted octanol–water partition coefficient (Wildman–Crippen LogP) is 2.25. The van der Waals surface area contributed by atoms with Crippen LogP contribution in [0.25, 0.3) is 0 Å². The zero-order valence-corrected chi connectivity index (χ0v) is 10.9. The van der Waals surface area contributed by atoms with E-state index in [0.717, 1.165) is 18.7 Å². The molecular weight excluding hydrogens is 226 g/mol. The minimum atomic E-state index is 0.117. The molecule has 2 fully saturated rings. The summed E-state index contributed by atoms with van der Waals surface area (Å²) in [6.07, 6.45) is 4.04. The molecule has 0 radical (unpaired) electrons. The molecule has 1 N–H and O–H groups in total. The molecule has 0 bridgehead atoms. The molecule has 1 aromatic rings. The first-order valence-electron chi connectivity index (χ1n) is 6.88. The van der Waals surface area contributed by atoms with Crippen molar-refractivity contribution >= 4 is 5.69 Å². The molecule has 2 atom stereocenters. The van der Waals surface area contributed by atoms with Crippen molar-refractivity contribution in [2.24, 2.45) is 0 Å². The van der Waals surface area contributed by atoms with Gasteiger partial charge in [-0.25, -0.2) is 0 Å². The van der Waals surface area contributed by atoms with Gasteiger partial charge in [-0.2, -0.15) is 0 Å². The first kappa shape index (κ1) is 12.0. The normalized spacial score (nSPS) is 27.3. The van der Waals surface area contributed by atoms with Crippen LogP contribution in [-0.2, 0) is 11.3 Å². The molecule has 1 aliphatic heterocycles. The Morgan fingerprint density at radius 1 is 1.39 bits per heavy atom. The van der Waals surface area contributed by atoms with Crippen molar-refractivity contribution in [1.29, 1.82) is 0 Å². The molecule has 1 heterocycles. The highest BCUT2D eigenvalue weighted by atomic mass is 16.5. The van der Waals surface area contributed by atoms with Gasteiger partial charge in [0.05, 0.1) is 25.4 Å². The molecule has 0 amide bonds. The fourth-order valence-electron chi connectivity index (χ4n) is 3.35. The number of aryl methyl sites for hydroxylation is 1. The van der Waals surface area contributed by atoms with E-state index in [2.05, 4.69) is 30.0 Å². The Labute approximate surface area is 108 Å². The smallest absolute Gasteiger partial charge is 0.0779 e. The molecule has 0 aromatic heterocycles. The largest absolute Gasteiger partial charge is 0.392 e. The van der Waals surface area contributed by atoms with Gasteiger partial charge in [-0.1, -0.05) is 17.7 Å². The highest BCUT2D eigenvalue weighted by molar-refractivity contribution is 5.56. The summed E-state index contributed by atoms with van der Waals surface area (Å²) in [5, 5.41) is 9.56. The Hall–Kier alpha value is -1.06. The molecule has 98 valence electrons. The lowest BCUT2D eigenvalue weighted by atomic mass is 10.0. The van der Waals surface area contributed by atoms with E-state index < -0.39 is 0 Å². The molecule has 3 rings (SSSR count). The fourth-order valence-corrected chi connectivity index (χ4v) is 3.35. The van der Waals surface area contributed by atoms with E-state index in [0.29, 0.717) is 12.1 Å². The van der Waals surface area contributed by atoms with Crippen LogP contribution in [0.3, 0.4) is 0 Å². The molecule has 2 unspecified atom stereocenters. The first-order chi connectivity index (χ1) is 8.79. The van der Waals surface area contributed by atoms with Crippen molar-refractivity contribution in [3.05, 3.63) is 29.3 Å². The second kappa shape index (κ2) is 4.90. The monoisotopic (exact) mass is 247 g/mol. The number of anilines is 1. The van der Waals surface area contributed by atoms with Gasteiger partial charge in [0.1, 0.15) is 0 Å². The molecule has 3 nitrogen and oxygen atoms in total. The topological polar surface area (TPSA) is 32.7 Å². The third-order valence-corrected chi connectivity index (χ3v) is 4.20. The Balaban J connectivity index is 1.93. The zero-order valence-electron chi connectivity index (χ0n) is 10.9. The number of fused-ring (bicyclic) bond motifs is 1. The molecule has 0 spiro atoms. The van der Waals surface area contributed by atoms with Crippen LogP contribution in [0.4, 0.5) is 5.69 Å². The minimum absolute atomic E-state index is 0.117. The molecule has 1 saturated heterocycles. The lowest BCUT2D eigenvalue weighted by Gasteiger charge is -2.40. The summed E-state index contributed by atoms with van der Waals surface area (Å²) in [6, 6.07) is 6.89. The van der Waals surface area contributed by atoms with E-state index >= 15 is 0 Å². The summed E-state index contributed by atoms with van der Waals surface area (Å²) >= 11 is 0. The quantitative estimate of drug-likeness (QED) is 0.870. The van der Waals surface area contributed by atoms with Crippen LogP contribution in [0, 0.1) is 6.92 Å². The van der Waals surface area contributed by atoms with Gasteiger partial charge in [0.15, 0.2) is 0 Å². The Kier molecular flexibility index (Phi) is 3.27. The number of rotatable bonds is 2. The SMILES string of the molecule is Cc1ccc(N2CCOC3CCCC32)c(CO)c1. The van der Waals surface area contributed by atoms with Crippen molar-refractivity contribution in [3.8, 4) is 0 Å². The average Bonchev–Trinajstić information content (AvgIpc) is 2.86. The maximum absolute atomic E-state index is 9.56. The van der Waals surface area contributed by atoms with E-state index in [1.807, 2.05) is 0 Å². The number of ether oxygens (including phenoxy) is 1. The molecule has 1 saturated carbocycles. The molecule has 1 aromatic carbocycles. The molecule has 2 aliphatic rings. The third-order valence-electron chi connectivity index (χ3n) is 4.20. The van der Waals surface area contributed by atoms with Gasteiger partial charge < -0.3 is 14.7 Å². The lowest BCUT2D eigenvalue weighted by Crippen LogP contribution is -2.49. The van der Waals surface area contributed by atoms with Crippen molar-refractivity contribution in [2.75, 3.05) is 18.1 Å². The minimum Gasteiger partial charge on any atom is -0.392 e. The van der Waals surface area contributed by atoms with Gasteiger partial charge in [0, 0.05) is 17.8 Å². The van der Waals surface area contributed by atoms with Crippen molar-refractivity contribution in [1.82, 2.24) is 0 Å². The molecule has 1 aliphatic carbocycles. The summed E-state index contributed by atoms with van der Waals surface area (Å²) in [6.45, 7) is 3.93. The lowest BCUT2D eigenvalue weighted by molar-refractivity contribution is 0.0255. The zero-order chi connectivity index (χ0) is 12.5. The summed E-state index contributed by atoms with van der Waals surface area (Å²) in [5.41, 5.74) is 3.45. The Morgan fingerprint density at radius 2 is 2.28 bits per heavy atom. The van der Waals surface area contributed by atoms with Gasteiger partial charge in [0.2, 0.25) is 0 Å². The van der Waals surface area contributed by atoms with Crippen LogP contribution in [0.5, 0.6) is 0 Å². The van der Waals surface area contributed by atoms with Crippen molar-refractivity contribution < 1.29 is 9.84 Å². The standard InChI is InChI=1S/C15H21NO2/c1-11-5-6-13(12(9-11)10-17)16-7-8-18-15-4-2-3-14(15)16/h5-6,9,14-15,17H,2-4,7-8,10H2,1H3. The van der Waals surface area contributed by atoms with Gasteiger partial charge in [-0.3, -0.25) is 0 Å². The first-order valence-corrected chi connectivity index (χ1v) is 6.88. The summed E-state index contributed by atoms with van der Waals surface area (Å²) in [4.78, 5) is 2.45. The maximum atomic E-state index is 9.56. The summed E-state index contributed by atoms with van der Waals surface area (Å²) < 4.78 is 5.85. The Bertz CT molecular complexity index is 433. The summed E-state index contributed by atoms with van der Waals surface area (Å²) in [5.74, 6) is 0. The van der Waals surface area contributed by atoms with Gasteiger partial charge in [-0.15, -0.1) is 0 Å². The van der Waals surface area contributed by atoms with E-state index in [9.17, 15) is 5.11 Å². The van der Waals surface area contributed by atoms with Crippen molar-refractivity contribution in [2.45, 2.75) is 44.9 Å². The molecule has 18 heavy (non-hydrogen) atoms.